The van der Waals surface area contributed by atoms with Crippen molar-refractivity contribution in [2.45, 2.75) is 0 Å². The van der Waals surface area contributed by atoms with Gasteiger partial charge in [-0.1, -0.05) is 17.7 Å². The number of imidazole rings is 1. The van der Waals surface area contributed by atoms with Crippen molar-refractivity contribution in [1.82, 2.24) is 19.5 Å². The van der Waals surface area contributed by atoms with E-state index in [1.807, 2.05) is 47.0 Å². The highest BCUT2D eigenvalue weighted by molar-refractivity contribution is 7.18. The molecule has 4 nitrogen and oxygen atoms in total. The van der Waals surface area contributed by atoms with Crippen molar-refractivity contribution in [3.63, 3.8) is 0 Å². The van der Waals surface area contributed by atoms with Gasteiger partial charge < -0.3 is 0 Å². The highest BCUT2D eigenvalue weighted by atomic mass is 35.5. The summed E-state index contributed by atoms with van der Waals surface area (Å²) < 4.78 is 2.73. The lowest BCUT2D eigenvalue weighted by atomic mass is 10.3. The average molecular weight is 313 g/mol. The molecule has 4 aromatic heterocycles. The molecule has 0 amide bonds. The molecule has 21 heavy (non-hydrogen) atoms. The van der Waals surface area contributed by atoms with Crippen LogP contribution in [0.5, 0.6) is 0 Å². The van der Waals surface area contributed by atoms with Crippen LogP contribution in [-0.4, -0.2) is 19.5 Å². The Labute approximate surface area is 129 Å². The van der Waals surface area contributed by atoms with E-state index < -0.39 is 0 Å². The van der Waals surface area contributed by atoms with E-state index in [1.54, 1.807) is 12.4 Å². The molecule has 0 aliphatic rings. The van der Waals surface area contributed by atoms with Crippen LogP contribution in [-0.2, 0) is 0 Å². The molecule has 0 aromatic carbocycles. The van der Waals surface area contributed by atoms with E-state index in [0.29, 0.717) is 0 Å². The first-order valence-electron chi connectivity index (χ1n) is 6.33. The van der Waals surface area contributed by atoms with Gasteiger partial charge in [0, 0.05) is 12.4 Å². The van der Waals surface area contributed by atoms with E-state index in [9.17, 15) is 0 Å². The highest BCUT2D eigenvalue weighted by Crippen LogP contribution is 2.31. The first-order valence-corrected chi connectivity index (χ1v) is 7.53. The maximum atomic E-state index is 6.08. The van der Waals surface area contributed by atoms with Gasteiger partial charge in [0.05, 0.1) is 4.34 Å². The van der Waals surface area contributed by atoms with Crippen molar-refractivity contribution >= 4 is 34.1 Å². The Morgan fingerprint density at radius 3 is 2.62 bits per heavy atom. The van der Waals surface area contributed by atoms with Crippen LogP contribution in [0.1, 0.15) is 0 Å². The normalized spacial score (nSPS) is 11.1. The summed E-state index contributed by atoms with van der Waals surface area (Å²) in [6, 6.07) is 13.4. The van der Waals surface area contributed by atoms with E-state index in [-0.39, 0.29) is 0 Å². The number of thiophene rings is 1. The van der Waals surface area contributed by atoms with Gasteiger partial charge in [-0.05, 0) is 36.4 Å². The van der Waals surface area contributed by atoms with Crippen LogP contribution in [0.3, 0.4) is 0 Å². The molecule has 0 aliphatic carbocycles. The number of pyridine rings is 2. The first-order chi connectivity index (χ1) is 10.3. The zero-order valence-electron chi connectivity index (χ0n) is 10.8. The molecule has 0 aliphatic heterocycles. The van der Waals surface area contributed by atoms with E-state index in [1.165, 1.54) is 11.3 Å². The van der Waals surface area contributed by atoms with Crippen molar-refractivity contribution in [3.8, 4) is 16.5 Å². The van der Waals surface area contributed by atoms with Gasteiger partial charge in [-0.3, -0.25) is 9.55 Å². The fourth-order valence-corrected chi connectivity index (χ4v) is 3.25. The number of rotatable bonds is 2. The van der Waals surface area contributed by atoms with Gasteiger partial charge in [0.15, 0.2) is 11.5 Å². The predicted molar refractivity (Wildman–Crippen MR) is 85.0 cm³/mol. The number of hydrogen-bond donors (Lipinski definition) is 0. The number of hydrogen-bond acceptors (Lipinski definition) is 4. The molecule has 0 spiro atoms. The molecule has 4 heterocycles. The molecule has 4 aromatic rings. The molecular weight excluding hydrogens is 304 g/mol. The zero-order chi connectivity index (χ0) is 14.2. The van der Waals surface area contributed by atoms with Crippen LogP contribution in [0.25, 0.3) is 27.7 Å². The lowest BCUT2D eigenvalue weighted by Gasteiger charge is -2.05. The van der Waals surface area contributed by atoms with Crippen LogP contribution < -0.4 is 0 Å². The second kappa shape index (κ2) is 4.95. The summed E-state index contributed by atoms with van der Waals surface area (Å²) in [6.45, 7) is 0. The average Bonchev–Trinajstić information content (AvgIpc) is 3.11. The Hall–Kier alpha value is -2.24. The van der Waals surface area contributed by atoms with E-state index in [0.717, 1.165) is 32.0 Å². The Morgan fingerprint density at radius 1 is 0.952 bits per heavy atom. The fourth-order valence-electron chi connectivity index (χ4n) is 2.21. The third kappa shape index (κ3) is 2.11. The molecule has 0 atom stereocenters. The van der Waals surface area contributed by atoms with Crippen molar-refractivity contribution in [3.05, 3.63) is 59.2 Å². The minimum atomic E-state index is 0.731. The van der Waals surface area contributed by atoms with Crippen molar-refractivity contribution < 1.29 is 0 Å². The van der Waals surface area contributed by atoms with Crippen LogP contribution in [0.2, 0.25) is 4.34 Å². The van der Waals surface area contributed by atoms with Crippen LogP contribution in [0.15, 0.2) is 54.9 Å². The quantitative estimate of drug-likeness (QED) is 0.557. The molecule has 0 fully saturated rings. The molecule has 0 saturated carbocycles. The minimum Gasteiger partial charge on any atom is -0.266 e. The SMILES string of the molecule is Clc1ccc(-n2c(-c3ccccn3)nc3cccnc32)s1. The largest absolute Gasteiger partial charge is 0.266 e. The lowest BCUT2D eigenvalue weighted by molar-refractivity contribution is 1.08. The summed E-state index contributed by atoms with van der Waals surface area (Å²) in [5.41, 5.74) is 2.44. The van der Waals surface area contributed by atoms with Gasteiger partial charge >= 0.3 is 0 Å². The van der Waals surface area contributed by atoms with E-state index >= 15 is 0 Å². The van der Waals surface area contributed by atoms with E-state index in [2.05, 4.69) is 15.0 Å². The zero-order valence-corrected chi connectivity index (χ0v) is 12.3. The number of aromatic nitrogens is 4. The van der Waals surface area contributed by atoms with Crippen LogP contribution in [0, 0.1) is 0 Å². The Balaban J connectivity index is 2.06. The maximum Gasteiger partial charge on any atom is 0.166 e. The molecule has 0 N–H and O–H groups in total. The number of nitrogens with zero attached hydrogens (tertiary/aromatic N) is 4. The molecule has 4 rings (SSSR count). The fraction of sp³-hybridized carbons (Fsp3) is 0. The Bertz CT molecular complexity index is 914. The van der Waals surface area contributed by atoms with Gasteiger partial charge in [0.25, 0.3) is 0 Å². The molecule has 6 heteroatoms. The summed E-state index contributed by atoms with van der Waals surface area (Å²) >= 11 is 7.57. The standard InChI is InChI=1S/C15H9ClN4S/c16-12-6-7-13(21-12)20-14-11(5-3-9-18-14)19-15(20)10-4-1-2-8-17-10/h1-9H. The van der Waals surface area contributed by atoms with Crippen LogP contribution >= 0.6 is 22.9 Å². The maximum absolute atomic E-state index is 6.08. The molecule has 0 bridgehead atoms. The monoisotopic (exact) mass is 312 g/mol. The van der Waals surface area contributed by atoms with Gasteiger partial charge in [-0.2, -0.15) is 0 Å². The topological polar surface area (TPSA) is 43.6 Å². The van der Waals surface area contributed by atoms with Gasteiger partial charge in [0.1, 0.15) is 16.2 Å². The molecule has 0 unspecified atom stereocenters. The van der Waals surface area contributed by atoms with Gasteiger partial charge in [-0.15, -0.1) is 11.3 Å². The summed E-state index contributed by atoms with van der Waals surface area (Å²) in [6.07, 6.45) is 3.52. The van der Waals surface area contributed by atoms with Crippen LogP contribution in [0.4, 0.5) is 0 Å². The summed E-state index contributed by atoms with van der Waals surface area (Å²) in [5, 5.41) is 0.974. The Kier molecular flexibility index (Phi) is 2.94. The summed E-state index contributed by atoms with van der Waals surface area (Å²) in [5.74, 6) is 0.766. The summed E-state index contributed by atoms with van der Waals surface area (Å²) in [4.78, 5) is 13.5. The van der Waals surface area contributed by atoms with Crippen molar-refractivity contribution in [2.75, 3.05) is 0 Å². The van der Waals surface area contributed by atoms with Gasteiger partial charge in [-0.25, -0.2) is 9.97 Å². The van der Waals surface area contributed by atoms with Gasteiger partial charge in [0.2, 0.25) is 0 Å². The first kappa shape index (κ1) is 12.5. The van der Waals surface area contributed by atoms with E-state index in [4.69, 9.17) is 11.6 Å². The third-order valence-corrected chi connectivity index (χ3v) is 4.31. The minimum absolute atomic E-state index is 0.731. The van der Waals surface area contributed by atoms with Crippen molar-refractivity contribution in [1.29, 1.82) is 0 Å². The second-order valence-corrected chi connectivity index (χ2v) is 6.10. The number of halogens is 1. The molecule has 0 radical (unpaired) electrons. The molecule has 0 saturated heterocycles. The Morgan fingerprint density at radius 2 is 1.86 bits per heavy atom. The molecule has 102 valence electrons. The second-order valence-electron chi connectivity index (χ2n) is 4.41. The summed E-state index contributed by atoms with van der Waals surface area (Å²) in [7, 11) is 0. The lowest BCUT2D eigenvalue weighted by Crippen LogP contribution is -1.97. The number of fused-ring (bicyclic) bond motifs is 1. The highest BCUT2D eigenvalue weighted by Gasteiger charge is 2.16. The smallest absolute Gasteiger partial charge is 0.166 e. The molecular formula is C15H9ClN4S. The predicted octanol–water partition coefficient (Wildman–Crippen LogP) is 4.20. The van der Waals surface area contributed by atoms with Crippen molar-refractivity contribution in [2.24, 2.45) is 0 Å². The third-order valence-electron chi connectivity index (χ3n) is 3.09.